The zero-order chi connectivity index (χ0) is 20.4. The van der Waals surface area contributed by atoms with Crippen LogP contribution in [0.25, 0.3) is 6.08 Å². The Hall–Kier alpha value is -3.63. The Morgan fingerprint density at radius 1 is 1.21 bits per heavy atom. The summed E-state index contributed by atoms with van der Waals surface area (Å²) in [6.45, 7) is 3.55. The summed E-state index contributed by atoms with van der Waals surface area (Å²) in [7, 11) is 0. The Bertz CT molecular complexity index is 888. The van der Waals surface area contributed by atoms with Crippen LogP contribution >= 0.6 is 0 Å². The second-order valence-corrected chi connectivity index (χ2v) is 5.80. The summed E-state index contributed by atoms with van der Waals surface area (Å²) in [6, 6.07) is 15.6. The van der Waals surface area contributed by atoms with Crippen LogP contribution in [-0.2, 0) is 4.79 Å². The van der Waals surface area contributed by atoms with Gasteiger partial charge in [-0.25, -0.2) is 5.43 Å². The van der Waals surface area contributed by atoms with Gasteiger partial charge in [0, 0.05) is 18.7 Å². The van der Waals surface area contributed by atoms with Crippen LogP contribution < -0.4 is 20.9 Å². The molecular weight excluding hydrogens is 356 g/mol. The summed E-state index contributed by atoms with van der Waals surface area (Å²) in [5.41, 5.74) is 6.96. The SMILES string of the molecule is CCOc1cc(NC(C)=O)ccc1C(=O)NNC(C#N)/C=C/c1ccccc1. The van der Waals surface area contributed by atoms with Crippen LogP contribution in [0.3, 0.4) is 0 Å². The molecule has 0 fully saturated rings. The fraction of sp³-hybridized carbons (Fsp3) is 0.190. The van der Waals surface area contributed by atoms with Crippen molar-refractivity contribution < 1.29 is 14.3 Å². The standard InChI is InChI=1S/C21H22N4O3/c1-3-28-20-13-17(23-15(2)26)11-12-19(20)21(27)25-24-18(14-22)10-9-16-7-5-4-6-8-16/h4-13,18,24H,3H2,1-2H3,(H,23,26)(H,25,27)/b10-9+. The van der Waals surface area contributed by atoms with Gasteiger partial charge >= 0.3 is 0 Å². The molecule has 0 aliphatic heterocycles. The Kier molecular flexibility index (Phi) is 7.76. The monoisotopic (exact) mass is 378 g/mol. The van der Waals surface area contributed by atoms with Crippen LogP contribution in [0.2, 0.25) is 0 Å². The molecule has 0 aliphatic carbocycles. The zero-order valence-electron chi connectivity index (χ0n) is 15.7. The molecule has 0 spiro atoms. The lowest BCUT2D eigenvalue weighted by Gasteiger charge is -2.14. The Morgan fingerprint density at radius 3 is 2.61 bits per heavy atom. The van der Waals surface area contributed by atoms with E-state index in [0.29, 0.717) is 18.0 Å². The molecule has 144 valence electrons. The first kappa shape index (κ1) is 20.7. The van der Waals surface area contributed by atoms with E-state index in [9.17, 15) is 14.9 Å². The van der Waals surface area contributed by atoms with Gasteiger partial charge < -0.3 is 10.1 Å². The summed E-state index contributed by atoms with van der Waals surface area (Å²) in [5.74, 6) is -0.337. The summed E-state index contributed by atoms with van der Waals surface area (Å²) in [4.78, 5) is 23.7. The zero-order valence-corrected chi connectivity index (χ0v) is 15.7. The van der Waals surface area contributed by atoms with Crippen LogP contribution in [0.5, 0.6) is 5.75 Å². The number of hydrogen-bond donors (Lipinski definition) is 3. The third kappa shape index (κ3) is 6.27. The summed E-state index contributed by atoms with van der Waals surface area (Å²) < 4.78 is 5.50. The minimum Gasteiger partial charge on any atom is -0.493 e. The summed E-state index contributed by atoms with van der Waals surface area (Å²) >= 11 is 0. The van der Waals surface area contributed by atoms with E-state index in [2.05, 4.69) is 22.2 Å². The molecule has 2 aromatic carbocycles. The first-order valence-electron chi connectivity index (χ1n) is 8.76. The average molecular weight is 378 g/mol. The van der Waals surface area contributed by atoms with Crippen LogP contribution in [0.1, 0.15) is 29.8 Å². The van der Waals surface area contributed by atoms with Crippen molar-refractivity contribution in [3.8, 4) is 11.8 Å². The van der Waals surface area contributed by atoms with Gasteiger partial charge in [-0.15, -0.1) is 0 Å². The van der Waals surface area contributed by atoms with E-state index in [1.165, 1.54) is 6.92 Å². The highest BCUT2D eigenvalue weighted by molar-refractivity contribution is 5.98. The van der Waals surface area contributed by atoms with E-state index >= 15 is 0 Å². The molecule has 0 aliphatic rings. The lowest BCUT2D eigenvalue weighted by atomic mass is 10.1. The van der Waals surface area contributed by atoms with Gasteiger partial charge in [0.15, 0.2) is 0 Å². The van der Waals surface area contributed by atoms with Crippen LogP contribution in [-0.4, -0.2) is 24.5 Å². The van der Waals surface area contributed by atoms with E-state index in [4.69, 9.17) is 4.74 Å². The number of nitrogens with zero attached hydrogens (tertiary/aromatic N) is 1. The van der Waals surface area contributed by atoms with Crippen molar-refractivity contribution in [1.29, 1.82) is 5.26 Å². The van der Waals surface area contributed by atoms with Gasteiger partial charge in [0.05, 0.1) is 18.2 Å². The molecule has 1 unspecified atom stereocenters. The fourth-order valence-electron chi connectivity index (χ4n) is 2.37. The first-order chi connectivity index (χ1) is 13.5. The molecule has 7 heteroatoms. The molecule has 0 heterocycles. The molecule has 28 heavy (non-hydrogen) atoms. The van der Waals surface area contributed by atoms with Crippen molar-refractivity contribution in [3.05, 3.63) is 65.7 Å². The minimum absolute atomic E-state index is 0.219. The molecule has 0 aromatic heterocycles. The lowest BCUT2D eigenvalue weighted by molar-refractivity contribution is -0.114. The third-order valence-corrected chi connectivity index (χ3v) is 3.61. The number of rotatable bonds is 8. The van der Waals surface area contributed by atoms with E-state index in [-0.39, 0.29) is 11.5 Å². The Balaban J connectivity index is 2.05. The molecule has 2 rings (SSSR count). The molecule has 7 nitrogen and oxygen atoms in total. The van der Waals surface area contributed by atoms with Crippen LogP contribution in [0.4, 0.5) is 5.69 Å². The number of nitriles is 1. The van der Waals surface area contributed by atoms with E-state index in [1.807, 2.05) is 30.3 Å². The maximum Gasteiger partial charge on any atom is 0.269 e. The van der Waals surface area contributed by atoms with E-state index in [0.717, 1.165) is 5.56 Å². The normalized spacial score (nSPS) is 11.5. The molecule has 0 saturated carbocycles. The summed E-state index contributed by atoms with van der Waals surface area (Å²) in [5, 5.41) is 11.9. The van der Waals surface area contributed by atoms with Crippen molar-refractivity contribution >= 4 is 23.6 Å². The molecule has 1 atom stereocenters. The number of anilines is 1. The minimum atomic E-state index is -0.710. The summed E-state index contributed by atoms with van der Waals surface area (Å²) in [6.07, 6.45) is 3.44. The molecule has 2 aromatic rings. The number of ether oxygens (including phenoxy) is 1. The van der Waals surface area contributed by atoms with Crippen molar-refractivity contribution in [2.75, 3.05) is 11.9 Å². The average Bonchev–Trinajstić information content (AvgIpc) is 2.68. The highest BCUT2D eigenvalue weighted by atomic mass is 16.5. The number of benzene rings is 2. The number of hydrogen-bond acceptors (Lipinski definition) is 5. The number of amides is 2. The first-order valence-corrected chi connectivity index (χ1v) is 8.76. The molecule has 0 bridgehead atoms. The second kappa shape index (κ2) is 10.5. The number of carbonyl (C=O) groups is 2. The van der Waals surface area contributed by atoms with Crippen molar-refractivity contribution in [2.24, 2.45) is 0 Å². The van der Waals surface area contributed by atoms with Gasteiger partial charge in [-0.3, -0.25) is 15.0 Å². The van der Waals surface area contributed by atoms with Gasteiger partial charge in [-0.1, -0.05) is 42.5 Å². The predicted octanol–water partition coefficient (Wildman–Crippen LogP) is 2.88. The highest BCUT2D eigenvalue weighted by Crippen LogP contribution is 2.23. The highest BCUT2D eigenvalue weighted by Gasteiger charge is 2.15. The molecular formula is C21H22N4O3. The number of nitrogens with one attached hydrogen (secondary N) is 3. The van der Waals surface area contributed by atoms with Gasteiger partial charge in [0.25, 0.3) is 5.91 Å². The largest absolute Gasteiger partial charge is 0.493 e. The maximum absolute atomic E-state index is 12.5. The maximum atomic E-state index is 12.5. The third-order valence-electron chi connectivity index (χ3n) is 3.61. The fourth-order valence-corrected chi connectivity index (χ4v) is 2.37. The van der Waals surface area contributed by atoms with Gasteiger partial charge in [-0.05, 0) is 24.6 Å². The predicted molar refractivity (Wildman–Crippen MR) is 107 cm³/mol. The quantitative estimate of drug-likeness (QED) is 0.613. The van der Waals surface area contributed by atoms with Gasteiger partial charge in [0.1, 0.15) is 11.8 Å². The van der Waals surface area contributed by atoms with Crippen molar-refractivity contribution in [1.82, 2.24) is 10.9 Å². The topological polar surface area (TPSA) is 103 Å². The lowest BCUT2D eigenvalue weighted by Crippen LogP contribution is -2.43. The van der Waals surface area contributed by atoms with Gasteiger partial charge in [-0.2, -0.15) is 5.26 Å². The Morgan fingerprint density at radius 2 is 1.96 bits per heavy atom. The number of carbonyl (C=O) groups excluding carboxylic acids is 2. The van der Waals surface area contributed by atoms with Crippen molar-refractivity contribution in [3.63, 3.8) is 0 Å². The molecule has 3 N–H and O–H groups in total. The molecule has 2 amide bonds. The molecule has 0 saturated heterocycles. The van der Waals surface area contributed by atoms with Crippen molar-refractivity contribution in [2.45, 2.75) is 19.9 Å². The van der Waals surface area contributed by atoms with E-state index < -0.39 is 11.9 Å². The number of hydrazine groups is 1. The molecule has 0 radical (unpaired) electrons. The van der Waals surface area contributed by atoms with Gasteiger partial charge in [0.2, 0.25) is 5.91 Å². The van der Waals surface area contributed by atoms with Crippen LogP contribution in [0.15, 0.2) is 54.6 Å². The smallest absolute Gasteiger partial charge is 0.269 e. The second-order valence-electron chi connectivity index (χ2n) is 5.80. The van der Waals surface area contributed by atoms with E-state index in [1.54, 1.807) is 37.3 Å². The van der Waals surface area contributed by atoms with Crippen LogP contribution in [0, 0.1) is 11.3 Å². The Labute approximate surface area is 164 Å².